The lowest BCUT2D eigenvalue weighted by Gasteiger charge is -2.07. The third-order valence-electron chi connectivity index (χ3n) is 2.57. The minimum Gasteiger partial charge on any atom is -0.508 e. The van der Waals surface area contributed by atoms with Crippen LogP contribution in [0.25, 0.3) is 0 Å². The molecule has 0 heterocycles. The van der Waals surface area contributed by atoms with E-state index in [1.807, 2.05) is 36.4 Å². The first-order valence-electron chi connectivity index (χ1n) is 5.29. The molecule has 0 aromatic heterocycles. The zero-order valence-electron chi connectivity index (χ0n) is 9.48. The SMILES string of the molecule is COc1cccc(Cc2cc(Br)ccc2O)c1. The largest absolute Gasteiger partial charge is 0.508 e. The van der Waals surface area contributed by atoms with Crippen molar-refractivity contribution < 1.29 is 9.84 Å². The molecule has 0 saturated carbocycles. The second kappa shape index (κ2) is 5.23. The minimum absolute atomic E-state index is 0.316. The lowest BCUT2D eigenvalue weighted by molar-refractivity contribution is 0.414. The van der Waals surface area contributed by atoms with Gasteiger partial charge in [-0.25, -0.2) is 0 Å². The summed E-state index contributed by atoms with van der Waals surface area (Å²) in [5, 5.41) is 9.77. The number of hydrogen-bond acceptors (Lipinski definition) is 2. The quantitative estimate of drug-likeness (QED) is 0.933. The van der Waals surface area contributed by atoms with E-state index in [4.69, 9.17) is 4.74 Å². The maximum atomic E-state index is 9.77. The van der Waals surface area contributed by atoms with Gasteiger partial charge in [-0.05, 0) is 41.5 Å². The van der Waals surface area contributed by atoms with Crippen molar-refractivity contribution in [1.29, 1.82) is 0 Å². The number of aromatic hydroxyl groups is 1. The highest BCUT2D eigenvalue weighted by Gasteiger charge is 2.04. The lowest BCUT2D eigenvalue weighted by Crippen LogP contribution is -1.90. The number of benzene rings is 2. The molecule has 0 bridgehead atoms. The topological polar surface area (TPSA) is 29.5 Å². The summed E-state index contributed by atoms with van der Waals surface area (Å²) in [5.41, 5.74) is 2.00. The van der Waals surface area contributed by atoms with Gasteiger partial charge in [-0.3, -0.25) is 0 Å². The number of methoxy groups -OCH3 is 1. The summed E-state index contributed by atoms with van der Waals surface area (Å²) < 4.78 is 6.14. The first-order chi connectivity index (χ1) is 8.19. The van der Waals surface area contributed by atoms with E-state index in [2.05, 4.69) is 15.9 Å². The van der Waals surface area contributed by atoms with E-state index in [0.29, 0.717) is 12.2 Å². The van der Waals surface area contributed by atoms with Gasteiger partial charge in [0.15, 0.2) is 0 Å². The summed E-state index contributed by atoms with van der Waals surface area (Å²) in [6.45, 7) is 0. The number of ether oxygens (including phenoxy) is 1. The molecule has 1 N–H and O–H groups in total. The summed E-state index contributed by atoms with van der Waals surface area (Å²) in [6, 6.07) is 13.3. The van der Waals surface area contributed by atoms with Crippen LogP contribution in [0.3, 0.4) is 0 Å². The van der Waals surface area contributed by atoms with Gasteiger partial charge >= 0.3 is 0 Å². The maximum absolute atomic E-state index is 9.77. The standard InChI is InChI=1S/C14H13BrO2/c1-17-13-4-2-3-10(8-13)7-11-9-12(15)5-6-14(11)16/h2-6,8-9,16H,7H2,1H3. The molecular weight excluding hydrogens is 280 g/mol. The Labute approximate surface area is 109 Å². The van der Waals surface area contributed by atoms with Gasteiger partial charge in [0.05, 0.1) is 7.11 Å². The second-order valence-corrected chi connectivity index (χ2v) is 4.72. The summed E-state index contributed by atoms with van der Waals surface area (Å²) in [7, 11) is 1.65. The van der Waals surface area contributed by atoms with Crippen molar-refractivity contribution >= 4 is 15.9 Å². The van der Waals surface area contributed by atoms with Crippen molar-refractivity contribution in [3.63, 3.8) is 0 Å². The smallest absolute Gasteiger partial charge is 0.119 e. The van der Waals surface area contributed by atoms with Gasteiger partial charge in [0.1, 0.15) is 11.5 Å². The van der Waals surface area contributed by atoms with Crippen LogP contribution in [-0.2, 0) is 6.42 Å². The van der Waals surface area contributed by atoms with Crippen LogP contribution in [0.1, 0.15) is 11.1 Å². The summed E-state index contributed by atoms with van der Waals surface area (Å²) >= 11 is 3.40. The number of rotatable bonds is 3. The Hall–Kier alpha value is -1.48. The predicted octanol–water partition coefficient (Wildman–Crippen LogP) is 3.75. The number of hydrogen-bond donors (Lipinski definition) is 1. The molecule has 3 heteroatoms. The molecule has 0 aliphatic heterocycles. The molecule has 0 spiro atoms. The fourth-order valence-corrected chi connectivity index (χ4v) is 2.11. The van der Waals surface area contributed by atoms with Crippen LogP contribution in [0.15, 0.2) is 46.9 Å². The highest BCUT2D eigenvalue weighted by molar-refractivity contribution is 9.10. The fourth-order valence-electron chi connectivity index (χ4n) is 1.70. The van der Waals surface area contributed by atoms with Crippen LogP contribution in [0.4, 0.5) is 0 Å². The molecule has 0 aliphatic rings. The molecule has 0 amide bonds. The van der Waals surface area contributed by atoms with Crippen LogP contribution in [0.2, 0.25) is 0 Å². The molecular formula is C14H13BrO2. The van der Waals surface area contributed by atoms with E-state index in [1.54, 1.807) is 13.2 Å². The van der Waals surface area contributed by atoms with Crippen LogP contribution in [0.5, 0.6) is 11.5 Å². The monoisotopic (exact) mass is 292 g/mol. The van der Waals surface area contributed by atoms with E-state index in [9.17, 15) is 5.11 Å². The summed E-state index contributed by atoms with van der Waals surface area (Å²) in [4.78, 5) is 0. The first kappa shape index (κ1) is 12.0. The van der Waals surface area contributed by atoms with E-state index in [-0.39, 0.29) is 0 Å². The molecule has 2 aromatic rings. The third kappa shape index (κ3) is 3.01. The van der Waals surface area contributed by atoms with Crippen LogP contribution < -0.4 is 4.74 Å². The van der Waals surface area contributed by atoms with Crippen molar-refractivity contribution in [1.82, 2.24) is 0 Å². The molecule has 17 heavy (non-hydrogen) atoms. The van der Waals surface area contributed by atoms with Gasteiger partial charge in [0.2, 0.25) is 0 Å². The van der Waals surface area contributed by atoms with Crippen LogP contribution >= 0.6 is 15.9 Å². The Morgan fingerprint density at radius 3 is 2.76 bits per heavy atom. The lowest BCUT2D eigenvalue weighted by atomic mass is 10.0. The molecule has 88 valence electrons. The van der Waals surface area contributed by atoms with Crippen LogP contribution in [-0.4, -0.2) is 12.2 Å². The average molecular weight is 293 g/mol. The molecule has 0 fully saturated rings. The Balaban J connectivity index is 2.27. The number of phenols is 1. The molecule has 2 rings (SSSR count). The first-order valence-corrected chi connectivity index (χ1v) is 6.08. The number of phenolic OH excluding ortho intramolecular Hbond substituents is 1. The van der Waals surface area contributed by atoms with Gasteiger partial charge in [0, 0.05) is 10.9 Å². The molecule has 0 saturated heterocycles. The van der Waals surface area contributed by atoms with Gasteiger partial charge in [-0.15, -0.1) is 0 Å². The highest BCUT2D eigenvalue weighted by atomic mass is 79.9. The van der Waals surface area contributed by atoms with E-state index >= 15 is 0 Å². The normalized spacial score (nSPS) is 10.2. The van der Waals surface area contributed by atoms with Gasteiger partial charge in [0.25, 0.3) is 0 Å². The van der Waals surface area contributed by atoms with Gasteiger partial charge in [-0.1, -0.05) is 28.1 Å². The molecule has 2 nitrogen and oxygen atoms in total. The van der Waals surface area contributed by atoms with Crippen LogP contribution in [0, 0.1) is 0 Å². The molecule has 2 aromatic carbocycles. The Kier molecular flexibility index (Phi) is 3.69. The number of halogens is 1. The van der Waals surface area contributed by atoms with Crippen molar-refractivity contribution in [2.24, 2.45) is 0 Å². The highest BCUT2D eigenvalue weighted by Crippen LogP contribution is 2.25. The fraction of sp³-hybridized carbons (Fsp3) is 0.143. The predicted molar refractivity (Wildman–Crippen MR) is 71.6 cm³/mol. The Morgan fingerprint density at radius 1 is 1.18 bits per heavy atom. The minimum atomic E-state index is 0.316. The maximum Gasteiger partial charge on any atom is 0.119 e. The summed E-state index contributed by atoms with van der Waals surface area (Å²) in [5.74, 6) is 1.15. The van der Waals surface area contributed by atoms with Crippen molar-refractivity contribution in [3.05, 3.63) is 58.1 Å². The molecule has 0 aliphatic carbocycles. The molecule has 0 atom stereocenters. The average Bonchev–Trinajstić information content (AvgIpc) is 2.34. The van der Waals surface area contributed by atoms with E-state index in [1.165, 1.54) is 0 Å². The molecule has 0 radical (unpaired) electrons. The Bertz CT molecular complexity index is 523. The van der Waals surface area contributed by atoms with Crippen molar-refractivity contribution in [2.75, 3.05) is 7.11 Å². The van der Waals surface area contributed by atoms with Crippen molar-refractivity contribution in [2.45, 2.75) is 6.42 Å². The third-order valence-corrected chi connectivity index (χ3v) is 3.06. The second-order valence-electron chi connectivity index (χ2n) is 3.80. The zero-order valence-corrected chi connectivity index (χ0v) is 11.1. The summed E-state index contributed by atoms with van der Waals surface area (Å²) in [6.07, 6.45) is 0.683. The van der Waals surface area contributed by atoms with Gasteiger partial charge < -0.3 is 9.84 Å². The van der Waals surface area contributed by atoms with E-state index < -0.39 is 0 Å². The molecule has 0 unspecified atom stereocenters. The van der Waals surface area contributed by atoms with Gasteiger partial charge in [-0.2, -0.15) is 0 Å². The Morgan fingerprint density at radius 2 is 2.00 bits per heavy atom. The van der Waals surface area contributed by atoms with E-state index in [0.717, 1.165) is 21.3 Å². The zero-order chi connectivity index (χ0) is 12.3. The van der Waals surface area contributed by atoms with Crippen molar-refractivity contribution in [3.8, 4) is 11.5 Å².